The highest BCUT2D eigenvalue weighted by molar-refractivity contribution is 5.91. The first kappa shape index (κ1) is 14.1. The molecule has 20 heavy (non-hydrogen) atoms. The number of H-pyrrole nitrogens is 1. The van der Waals surface area contributed by atoms with Gasteiger partial charge in [-0.05, 0) is 43.8 Å². The SMILES string of the molecule is CN(C)CCc1c[nH]c2ccc(C=NNC(=O)O)cc12. The van der Waals surface area contributed by atoms with E-state index in [-0.39, 0.29) is 0 Å². The van der Waals surface area contributed by atoms with Gasteiger partial charge in [-0.15, -0.1) is 0 Å². The van der Waals surface area contributed by atoms with Gasteiger partial charge in [0.05, 0.1) is 6.21 Å². The van der Waals surface area contributed by atoms with E-state index in [1.54, 1.807) is 0 Å². The van der Waals surface area contributed by atoms with Crippen LogP contribution in [-0.2, 0) is 6.42 Å². The number of aromatic amines is 1. The summed E-state index contributed by atoms with van der Waals surface area (Å²) in [4.78, 5) is 15.7. The van der Waals surface area contributed by atoms with Crippen molar-refractivity contribution in [2.45, 2.75) is 6.42 Å². The number of fused-ring (bicyclic) bond motifs is 1. The average Bonchev–Trinajstić information content (AvgIpc) is 2.78. The van der Waals surface area contributed by atoms with Gasteiger partial charge in [0.2, 0.25) is 0 Å². The van der Waals surface area contributed by atoms with Crippen LogP contribution in [0.1, 0.15) is 11.1 Å². The van der Waals surface area contributed by atoms with Gasteiger partial charge in [-0.1, -0.05) is 6.07 Å². The van der Waals surface area contributed by atoms with E-state index in [9.17, 15) is 4.79 Å². The highest BCUT2D eigenvalue weighted by atomic mass is 16.4. The summed E-state index contributed by atoms with van der Waals surface area (Å²) in [7, 11) is 4.09. The lowest BCUT2D eigenvalue weighted by Crippen LogP contribution is -2.14. The Bertz CT molecular complexity index is 631. The minimum atomic E-state index is -1.17. The number of carbonyl (C=O) groups is 1. The summed E-state index contributed by atoms with van der Waals surface area (Å²) in [6.45, 7) is 0.978. The Morgan fingerprint density at radius 2 is 2.30 bits per heavy atom. The third-order valence-corrected chi connectivity index (χ3v) is 2.99. The van der Waals surface area contributed by atoms with E-state index in [4.69, 9.17) is 5.11 Å². The Balaban J connectivity index is 2.20. The normalized spacial score (nSPS) is 11.6. The van der Waals surface area contributed by atoms with Gasteiger partial charge in [-0.25, -0.2) is 10.2 Å². The number of hydrogen-bond acceptors (Lipinski definition) is 3. The molecule has 3 N–H and O–H groups in total. The molecule has 0 radical (unpaired) electrons. The lowest BCUT2D eigenvalue weighted by atomic mass is 10.1. The maximum atomic E-state index is 10.3. The van der Waals surface area contributed by atoms with Crippen LogP contribution < -0.4 is 5.43 Å². The fourth-order valence-corrected chi connectivity index (χ4v) is 1.99. The molecule has 0 fully saturated rings. The largest absolute Gasteiger partial charge is 0.464 e. The molecule has 2 rings (SSSR count). The monoisotopic (exact) mass is 274 g/mol. The standard InChI is InChI=1S/C14H18N4O2/c1-18(2)6-5-11-9-15-13-4-3-10(7-12(11)13)8-16-17-14(19)20/h3-4,7-9,15,17H,5-6H2,1-2H3,(H,19,20). The van der Waals surface area contributed by atoms with Crippen LogP contribution in [0.25, 0.3) is 10.9 Å². The first-order chi connectivity index (χ1) is 9.56. The fourth-order valence-electron chi connectivity index (χ4n) is 1.99. The lowest BCUT2D eigenvalue weighted by Gasteiger charge is -2.08. The van der Waals surface area contributed by atoms with Crippen LogP contribution in [0.2, 0.25) is 0 Å². The fraction of sp³-hybridized carbons (Fsp3) is 0.286. The Hall–Kier alpha value is -2.34. The molecule has 0 spiro atoms. The highest BCUT2D eigenvalue weighted by Gasteiger charge is 2.04. The summed E-state index contributed by atoms with van der Waals surface area (Å²) in [6, 6.07) is 5.86. The van der Waals surface area contributed by atoms with E-state index in [0.29, 0.717) is 0 Å². The van der Waals surface area contributed by atoms with Crippen molar-refractivity contribution in [3.8, 4) is 0 Å². The lowest BCUT2D eigenvalue weighted by molar-refractivity contribution is 0.195. The molecule has 1 aromatic heterocycles. The van der Waals surface area contributed by atoms with Gasteiger partial charge < -0.3 is 15.0 Å². The van der Waals surface area contributed by atoms with Crippen LogP contribution in [-0.4, -0.2) is 47.9 Å². The average molecular weight is 274 g/mol. The molecule has 1 heterocycles. The number of likely N-dealkylation sites (N-methyl/N-ethyl adjacent to an activating group) is 1. The van der Waals surface area contributed by atoms with Crippen LogP contribution in [0.3, 0.4) is 0 Å². The minimum absolute atomic E-state index is 0.858. The van der Waals surface area contributed by atoms with Gasteiger partial charge >= 0.3 is 6.09 Å². The molecule has 0 saturated carbocycles. The Labute approximate surface area is 117 Å². The molecule has 2 aromatic rings. The van der Waals surface area contributed by atoms with E-state index in [1.807, 2.05) is 43.9 Å². The van der Waals surface area contributed by atoms with Gasteiger partial charge in [-0.2, -0.15) is 5.10 Å². The predicted molar refractivity (Wildman–Crippen MR) is 79.3 cm³/mol. The van der Waals surface area contributed by atoms with Gasteiger partial charge in [0.25, 0.3) is 0 Å². The molecule has 0 aliphatic heterocycles. The summed E-state index contributed by atoms with van der Waals surface area (Å²) < 4.78 is 0. The van der Waals surface area contributed by atoms with Crippen molar-refractivity contribution in [1.29, 1.82) is 0 Å². The molecule has 0 unspecified atom stereocenters. The number of nitrogens with one attached hydrogen (secondary N) is 2. The van der Waals surface area contributed by atoms with Crippen molar-refractivity contribution >= 4 is 23.2 Å². The molecule has 0 aliphatic rings. The number of hydrazone groups is 1. The first-order valence-electron chi connectivity index (χ1n) is 6.33. The third-order valence-electron chi connectivity index (χ3n) is 2.99. The van der Waals surface area contributed by atoms with Gasteiger partial charge in [0.1, 0.15) is 0 Å². The van der Waals surface area contributed by atoms with Crippen molar-refractivity contribution in [1.82, 2.24) is 15.3 Å². The topological polar surface area (TPSA) is 80.7 Å². The summed E-state index contributed by atoms with van der Waals surface area (Å²) in [6.07, 6.45) is 3.30. The molecule has 6 nitrogen and oxygen atoms in total. The number of carboxylic acid groups (broad SMARTS) is 1. The van der Waals surface area contributed by atoms with Gasteiger partial charge in [0.15, 0.2) is 0 Å². The molecule has 1 aromatic carbocycles. The van der Waals surface area contributed by atoms with Crippen molar-refractivity contribution < 1.29 is 9.90 Å². The van der Waals surface area contributed by atoms with Crippen molar-refractivity contribution in [3.05, 3.63) is 35.5 Å². The number of nitrogens with zero attached hydrogens (tertiary/aromatic N) is 2. The molecule has 0 bridgehead atoms. The van der Waals surface area contributed by atoms with Crippen LogP contribution >= 0.6 is 0 Å². The second kappa shape index (κ2) is 6.21. The second-order valence-corrected chi connectivity index (χ2v) is 4.85. The molecule has 106 valence electrons. The first-order valence-corrected chi connectivity index (χ1v) is 6.33. The molecule has 6 heteroatoms. The maximum Gasteiger partial charge on any atom is 0.425 e. The van der Waals surface area contributed by atoms with Crippen molar-refractivity contribution in [2.24, 2.45) is 5.10 Å². The molecular formula is C14H18N4O2. The second-order valence-electron chi connectivity index (χ2n) is 4.85. The zero-order valence-electron chi connectivity index (χ0n) is 11.6. The number of benzene rings is 1. The molecule has 1 amide bonds. The molecule has 0 aliphatic carbocycles. The number of amides is 1. The smallest absolute Gasteiger partial charge is 0.425 e. The summed E-state index contributed by atoms with van der Waals surface area (Å²) >= 11 is 0. The zero-order valence-corrected chi connectivity index (χ0v) is 11.6. The van der Waals surface area contributed by atoms with Crippen molar-refractivity contribution in [2.75, 3.05) is 20.6 Å². The number of rotatable bonds is 5. The van der Waals surface area contributed by atoms with E-state index < -0.39 is 6.09 Å². The highest BCUT2D eigenvalue weighted by Crippen LogP contribution is 2.20. The quantitative estimate of drug-likeness (QED) is 0.575. The summed E-state index contributed by atoms with van der Waals surface area (Å²) in [5.74, 6) is 0. The Kier molecular flexibility index (Phi) is 4.37. The van der Waals surface area contributed by atoms with Gasteiger partial charge in [0, 0.05) is 23.6 Å². The predicted octanol–water partition coefficient (Wildman–Crippen LogP) is 1.87. The van der Waals surface area contributed by atoms with E-state index in [1.165, 1.54) is 11.8 Å². The minimum Gasteiger partial charge on any atom is -0.464 e. The van der Waals surface area contributed by atoms with Gasteiger partial charge in [-0.3, -0.25) is 0 Å². The van der Waals surface area contributed by atoms with Crippen LogP contribution in [0.4, 0.5) is 4.79 Å². The summed E-state index contributed by atoms with van der Waals surface area (Å²) in [5, 5.41) is 13.2. The van der Waals surface area contributed by atoms with Crippen LogP contribution in [0.5, 0.6) is 0 Å². The Morgan fingerprint density at radius 3 is 3.00 bits per heavy atom. The Morgan fingerprint density at radius 1 is 1.50 bits per heavy atom. The third kappa shape index (κ3) is 3.58. The number of hydrogen-bond donors (Lipinski definition) is 3. The van der Waals surface area contributed by atoms with E-state index in [0.717, 1.165) is 29.4 Å². The number of aromatic nitrogens is 1. The van der Waals surface area contributed by atoms with E-state index in [2.05, 4.69) is 15.0 Å². The zero-order chi connectivity index (χ0) is 14.5. The van der Waals surface area contributed by atoms with Crippen LogP contribution in [0, 0.1) is 0 Å². The molecular weight excluding hydrogens is 256 g/mol. The van der Waals surface area contributed by atoms with E-state index >= 15 is 0 Å². The molecule has 0 saturated heterocycles. The van der Waals surface area contributed by atoms with Crippen LogP contribution in [0.15, 0.2) is 29.5 Å². The van der Waals surface area contributed by atoms with Crippen molar-refractivity contribution in [3.63, 3.8) is 0 Å². The molecule has 0 atom stereocenters. The maximum absolute atomic E-state index is 10.3. The summed E-state index contributed by atoms with van der Waals surface area (Å²) in [5.41, 5.74) is 5.14.